The van der Waals surface area contributed by atoms with Crippen LogP contribution >= 0.6 is 0 Å². The summed E-state index contributed by atoms with van der Waals surface area (Å²) >= 11 is 0. The predicted molar refractivity (Wildman–Crippen MR) is 141 cm³/mol. The lowest BCUT2D eigenvalue weighted by Gasteiger charge is -2.27. The number of imidazole rings is 1. The van der Waals surface area contributed by atoms with Gasteiger partial charge < -0.3 is 14.6 Å². The van der Waals surface area contributed by atoms with E-state index in [1.165, 1.54) is 0 Å². The molecular weight excluding hydrogens is 466 g/mol. The molecule has 5 aromatic rings. The van der Waals surface area contributed by atoms with Gasteiger partial charge in [0.15, 0.2) is 5.82 Å². The van der Waals surface area contributed by atoms with Crippen molar-refractivity contribution in [3.63, 3.8) is 0 Å². The van der Waals surface area contributed by atoms with Crippen LogP contribution in [0.1, 0.15) is 11.3 Å². The summed E-state index contributed by atoms with van der Waals surface area (Å²) < 4.78 is 7.25. The summed E-state index contributed by atoms with van der Waals surface area (Å²) in [5.74, 6) is 1.80. The number of aromatic nitrogens is 6. The highest BCUT2D eigenvalue weighted by Crippen LogP contribution is 2.27. The summed E-state index contributed by atoms with van der Waals surface area (Å²) in [5.41, 5.74) is 6.38. The first kappa shape index (κ1) is 23.1. The smallest absolute Gasteiger partial charge is 0.156 e. The van der Waals surface area contributed by atoms with E-state index in [4.69, 9.17) is 9.72 Å². The molecule has 0 unspecified atom stereocenters. The number of ketones is 1. The summed E-state index contributed by atoms with van der Waals surface area (Å²) in [4.78, 5) is 32.1. The summed E-state index contributed by atoms with van der Waals surface area (Å²) in [7, 11) is 1.87. The molecule has 1 N–H and O–H groups in total. The van der Waals surface area contributed by atoms with Crippen molar-refractivity contribution in [3.8, 4) is 22.6 Å². The van der Waals surface area contributed by atoms with Gasteiger partial charge >= 0.3 is 0 Å². The largest absolute Gasteiger partial charge is 0.378 e. The number of hydrogen-bond donors (Lipinski definition) is 1. The predicted octanol–water partition coefficient (Wildman–Crippen LogP) is 3.61. The number of ether oxygens (including phenoxy) is 1. The number of rotatable bonds is 7. The molecule has 1 aliphatic rings. The van der Waals surface area contributed by atoms with E-state index in [1.54, 1.807) is 17.1 Å². The molecule has 9 heteroatoms. The highest BCUT2D eigenvalue weighted by Gasteiger charge is 2.18. The third-order valence-electron chi connectivity index (χ3n) is 6.63. The minimum Gasteiger partial charge on any atom is -0.378 e. The normalized spacial score (nSPS) is 13.8. The van der Waals surface area contributed by atoms with Crippen LogP contribution in [0.5, 0.6) is 0 Å². The van der Waals surface area contributed by atoms with E-state index in [2.05, 4.69) is 25.0 Å². The van der Waals surface area contributed by atoms with Gasteiger partial charge in [-0.05, 0) is 29.8 Å². The second-order valence-electron chi connectivity index (χ2n) is 9.19. The zero-order chi connectivity index (χ0) is 25.2. The molecule has 37 heavy (non-hydrogen) atoms. The number of benzene rings is 1. The number of hydrogen-bond acceptors (Lipinski definition) is 7. The monoisotopic (exact) mass is 493 g/mol. The molecule has 5 heterocycles. The van der Waals surface area contributed by atoms with E-state index in [0.717, 1.165) is 63.8 Å². The second-order valence-corrected chi connectivity index (χ2v) is 9.19. The Hall–Kier alpha value is -4.37. The van der Waals surface area contributed by atoms with E-state index in [0.29, 0.717) is 26.1 Å². The quantitative estimate of drug-likeness (QED) is 0.370. The van der Waals surface area contributed by atoms with E-state index in [-0.39, 0.29) is 5.78 Å². The summed E-state index contributed by atoms with van der Waals surface area (Å²) in [5, 5.41) is 4.54. The zero-order valence-corrected chi connectivity index (χ0v) is 20.6. The molecule has 1 fully saturated rings. The third-order valence-corrected chi connectivity index (χ3v) is 6.63. The molecule has 0 spiro atoms. The Labute approximate surface area is 214 Å². The van der Waals surface area contributed by atoms with Crippen LogP contribution in [0.2, 0.25) is 0 Å². The zero-order valence-electron chi connectivity index (χ0n) is 20.6. The van der Waals surface area contributed by atoms with Crippen LogP contribution in [-0.2, 0) is 29.4 Å². The Morgan fingerprint density at radius 1 is 1.03 bits per heavy atom. The molecule has 4 aromatic heterocycles. The van der Waals surface area contributed by atoms with Gasteiger partial charge in [0.25, 0.3) is 0 Å². The van der Waals surface area contributed by atoms with Crippen molar-refractivity contribution in [3.05, 3.63) is 78.4 Å². The van der Waals surface area contributed by atoms with Gasteiger partial charge in [0.2, 0.25) is 0 Å². The van der Waals surface area contributed by atoms with Crippen molar-refractivity contribution in [1.29, 1.82) is 0 Å². The van der Waals surface area contributed by atoms with E-state index in [1.807, 2.05) is 61.8 Å². The van der Waals surface area contributed by atoms with Gasteiger partial charge in [0.1, 0.15) is 17.1 Å². The van der Waals surface area contributed by atoms with Gasteiger partial charge in [-0.1, -0.05) is 24.3 Å². The first-order valence-corrected chi connectivity index (χ1v) is 12.4. The molecule has 1 aromatic carbocycles. The van der Waals surface area contributed by atoms with Crippen LogP contribution in [0.3, 0.4) is 0 Å². The first-order valence-electron chi connectivity index (χ1n) is 12.4. The molecule has 0 aliphatic carbocycles. The molecule has 0 bridgehead atoms. The number of nitrogens with zero attached hydrogens (tertiary/aromatic N) is 6. The summed E-state index contributed by atoms with van der Waals surface area (Å²) in [6.45, 7) is 3.00. The van der Waals surface area contributed by atoms with E-state index < -0.39 is 0 Å². The number of carbonyl (C=O) groups excluding carboxylic acids is 1. The summed E-state index contributed by atoms with van der Waals surface area (Å²) in [6.07, 6.45) is 6.00. The molecule has 0 saturated carbocycles. The Balaban J connectivity index is 1.15. The maximum absolute atomic E-state index is 12.8. The molecule has 0 amide bonds. The van der Waals surface area contributed by atoms with E-state index >= 15 is 0 Å². The van der Waals surface area contributed by atoms with Crippen LogP contribution in [0.15, 0.2) is 67.1 Å². The van der Waals surface area contributed by atoms with Gasteiger partial charge in [0.05, 0.1) is 24.4 Å². The number of aromatic amines is 1. The molecule has 0 radical (unpaired) electrons. The third kappa shape index (κ3) is 4.85. The Morgan fingerprint density at radius 2 is 1.86 bits per heavy atom. The molecule has 1 saturated heterocycles. The fraction of sp³-hybridized carbons (Fsp3) is 0.250. The van der Waals surface area contributed by atoms with Gasteiger partial charge in [-0.15, -0.1) is 0 Å². The number of anilines is 1. The molecule has 0 atom stereocenters. The lowest BCUT2D eigenvalue weighted by molar-refractivity contribution is -0.117. The lowest BCUT2D eigenvalue weighted by atomic mass is 10.0. The Bertz CT molecular complexity index is 1530. The fourth-order valence-electron chi connectivity index (χ4n) is 4.66. The van der Waals surface area contributed by atoms with Gasteiger partial charge in [-0.3, -0.25) is 14.5 Å². The minimum absolute atomic E-state index is 0.137. The summed E-state index contributed by atoms with van der Waals surface area (Å²) in [6, 6.07) is 15.7. The van der Waals surface area contributed by atoms with Crippen molar-refractivity contribution in [2.24, 2.45) is 7.05 Å². The maximum atomic E-state index is 12.8. The topological polar surface area (TPSA) is 102 Å². The Kier molecular flexibility index (Phi) is 6.20. The number of Topliss-reactive ketones (excluding diaryl/α,β-unsaturated/α-hetero) is 1. The fourth-order valence-corrected chi connectivity index (χ4v) is 4.66. The minimum atomic E-state index is 0.137. The van der Waals surface area contributed by atoms with Crippen molar-refractivity contribution >= 4 is 22.6 Å². The number of fused-ring (bicyclic) bond motifs is 1. The van der Waals surface area contributed by atoms with E-state index in [9.17, 15) is 4.79 Å². The standard InChI is InChI=1S/C28H27N7O2/c1-34-22(17-25(33-34)21-3-2-9-29-18-21)16-23(36)15-19-4-6-20(7-5-19)27-31-24-8-10-30-28(26(24)32-27)35-11-13-37-14-12-35/h2-10,17-18H,11-16H2,1H3,(H,31,32). The van der Waals surface area contributed by atoms with Crippen LogP contribution in [-0.4, -0.2) is 61.8 Å². The number of carbonyl (C=O) groups is 1. The van der Waals surface area contributed by atoms with Crippen molar-refractivity contribution in [2.75, 3.05) is 31.2 Å². The van der Waals surface area contributed by atoms with Crippen LogP contribution in [0.4, 0.5) is 5.82 Å². The van der Waals surface area contributed by atoms with Gasteiger partial charge in [0, 0.05) is 68.4 Å². The number of aryl methyl sites for hydroxylation is 1. The SMILES string of the molecule is Cn1nc(-c2cccnc2)cc1CC(=O)Cc1ccc(-c2nc3c(N4CCOCC4)nccc3[nH]2)cc1. The number of pyridine rings is 2. The van der Waals surface area contributed by atoms with Crippen LogP contribution in [0.25, 0.3) is 33.7 Å². The lowest BCUT2D eigenvalue weighted by Crippen LogP contribution is -2.36. The van der Waals surface area contributed by atoms with Gasteiger partial charge in [-0.2, -0.15) is 5.10 Å². The van der Waals surface area contributed by atoms with Crippen molar-refractivity contribution in [2.45, 2.75) is 12.8 Å². The first-order chi connectivity index (χ1) is 18.1. The molecule has 186 valence electrons. The average molecular weight is 494 g/mol. The van der Waals surface area contributed by atoms with Crippen molar-refractivity contribution in [1.82, 2.24) is 29.7 Å². The Morgan fingerprint density at radius 3 is 2.65 bits per heavy atom. The highest BCUT2D eigenvalue weighted by atomic mass is 16.5. The molecular formula is C28H27N7O2. The second kappa shape index (κ2) is 9.94. The molecule has 1 aliphatic heterocycles. The van der Waals surface area contributed by atoms with Gasteiger partial charge in [-0.25, -0.2) is 9.97 Å². The number of H-pyrrole nitrogens is 1. The molecule has 6 rings (SSSR count). The van der Waals surface area contributed by atoms with Crippen LogP contribution in [0, 0.1) is 0 Å². The number of morpholine rings is 1. The average Bonchev–Trinajstić information content (AvgIpc) is 3.53. The molecule has 9 nitrogen and oxygen atoms in total. The maximum Gasteiger partial charge on any atom is 0.156 e. The number of nitrogens with one attached hydrogen (secondary N) is 1. The highest BCUT2D eigenvalue weighted by molar-refractivity contribution is 5.89. The van der Waals surface area contributed by atoms with Crippen molar-refractivity contribution < 1.29 is 9.53 Å². The van der Waals surface area contributed by atoms with Crippen LogP contribution < -0.4 is 4.90 Å².